The Morgan fingerprint density at radius 1 is 1.33 bits per heavy atom. The highest BCUT2D eigenvalue weighted by Crippen LogP contribution is 2.31. The van der Waals surface area contributed by atoms with Crippen LogP contribution in [0.5, 0.6) is 0 Å². The van der Waals surface area contributed by atoms with Crippen molar-refractivity contribution in [2.45, 2.75) is 45.4 Å². The van der Waals surface area contributed by atoms with E-state index in [0.717, 1.165) is 0 Å². The van der Waals surface area contributed by atoms with Gasteiger partial charge in [-0.05, 0) is 24.7 Å². The van der Waals surface area contributed by atoms with E-state index in [2.05, 4.69) is 0 Å². The molecule has 1 N–H and O–H groups in total. The molecule has 1 fully saturated rings. The van der Waals surface area contributed by atoms with Crippen molar-refractivity contribution in [3.8, 4) is 0 Å². The lowest BCUT2D eigenvalue weighted by atomic mass is 9.90. The first-order valence-corrected chi connectivity index (χ1v) is 6.24. The lowest BCUT2D eigenvalue weighted by molar-refractivity contribution is -0.222. The van der Waals surface area contributed by atoms with Gasteiger partial charge in [-0.25, -0.2) is 0 Å². The van der Waals surface area contributed by atoms with Gasteiger partial charge in [0.1, 0.15) is 0 Å². The summed E-state index contributed by atoms with van der Waals surface area (Å²) >= 11 is 0. The lowest BCUT2D eigenvalue weighted by Crippen LogP contribution is -2.45. The van der Waals surface area contributed by atoms with Gasteiger partial charge < -0.3 is 10.0 Å². The van der Waals surface area contributed by atoms with Crippen molar-refractivity contribution in [2.24, 2.45) is 11.8 Å². The normalized spacial score (nSPS) is 20.3. The van der Waals surface area contributed by atoms with Crippen LogP contribution in [0.2, 0.25) is 0 Å². The number of likely N-dealkylation sites (tertiary alicyclic amines) is 1. The smallest absolute Gasteiger partial charge is 0.383 e. The van der Waals surface area contributed by atoms with Crippen LogP contribution in [0.3, 0.4) is 0 Å². The monoisotopic (exact) mass is 267 g/mol. The number of amides is 1. The Labute approximate surface area is 105 Å². The molecule has 1 rings (SSSR count). The van der Waals surface area contributed by atoms with Gasteiger partial charge in [0, 0.05) is 19.5 Å². The molecular formula is C12H20F3NO2. The molecule has 0 radical (unpaired) electrons. The first kappa shape index (κ1) is 15.3. The van der Waals surface area contributed by atoms with Gasteiger partial charge in [-0.3, -0.25) is 4.79 Å². The second-order valence-corrected chi connectivity index (χ2v) is 5.30. The molecule has 1 unspecified atom stereocenters. The van der Waals surface area contributed by atoms with Crippen LogP contribution in [-0.4, -0.2) is 41.3 Å². The topological polar surface area (TPSA) is 40.5 Å². The molecule has 1 aliphatic heterocycles. The summed E-state index contributed by atoms with van der Waals surface area (Å²) in [5.74, 6) is -0.547. The van der Waals surface area contributed by atoms with Gasteiger partial charge >= 0.3 is 6.18 Å². The Kier molecular flexibility index (Phi) is 5.01. The number of alkyl halides is 3. The van der Waals surface area contributed by atoms with E-state index in [1.807, 2.05) is 13.8 Å². The summed E-state index contributed by atoms with van der Waals surface area (Å²) in [4.78, 5) is 13.3. The fourth-order valence-electron chi connectivity index (χ4n) is 2.21. The zero-order chi connectivity index (χ0) is 13.9. The fourth-order valence-corrected chi connectivity index (χ4v) is 2.21. The molecule has 0 saturated carbocycles. The van der Waals surface area contributed by atoms with Crippen LogP contribution < -0.4 is 0 Å². The molecule has 0 bridgehead atoms. The number of halogens is 3. The second-order valence-electron chi connectivity index (χ2n) is 5.30. The highest BCUT2D eigenvalue weighted by molar-refractivity contribution is 5.76. The molecule has 3 nitrogen and oxygen atoms in total. The van der Waals surface area contributed by atoms with E-state index in [4.69, 9.17) is 5.11 Å². The van der Waals surface area contributed by atoms with Crippen molar-refractivity contribution in [1.29, 1.82) is 0 Å². The molecule has 1 atom stereocenters. The van der Waals surface area contributed by atoms with Gasteiger partial charge in [0.25, 0.3) is 0 Å². The quantitative estimate of drug-likeness (QED) is 0.851. The third-order valence-electron chi connectivity index (χ3n) is 3.26. The van der Waals surface area contributed by atoms with Crippen molar-refractivity contribution in [1.82, 2.24) is 4.90 Å². The van der Waals surface area contributed by atoms with Crippen molar-refractivity contribution >= 4 is 5.91 Å². The highest BCUT2D eigenvalue weighted by atomic mass is 19.4. The zero-order valence-electron chi connectivity index (χ0n) is 10.7. The minimum Gasteiger partial charge on any atom is -0.383 e. The van der Waals surface area contributed by atoms with Crippen LogP contribution in [-0.2, 0) is 4.79 Å². The maximum atomic E-state index is 12.3. The van der Waals surface area contributed by atoms with Crippen LogP contribution in [0.4, 0.5) is 13.2 Å². The molecule has 18 heavy (non-hydrogen) atoms. The standard InChI is InChI=1S/C12H20F3NO2/c1-8(2)7-10(17)16-5-3-9(4-6-16)11(18)12(13,14)15/h8-9,11,18H,3-7H2,1-2H3. The van der Waals surface area contributed by atoms with E-state index in [-0.39, 0.29) is 24.7 Å². The average molecular weight is 267 g/mol. The largest absolute Gasteiger partial charge is 0.414 e. The number of carbonyl (C=O) groups excluding carboxylic acids is 1. The zero-order valence-corrected chi connectivity index (χ0v) is 10.7. The van der Waals surface area contributed by atoms with Crippen molar-refractivity contribution < 1.29 is 23.1 Å². The fraction of sp³-hybridized carbons (Fsp3) is 0.917. The number of hydrogen-bond acceptors (Lipinski definition) is 2. The van der Waals surface area contributed by atoms with Crippen molar-refractivity contribution in [2.75, 3.05) is 13.1 Å². The summed E-state index contributed by atoms with van der Waals surface area (Å²) in [6, 6.07) is 0. The number of aliphatic hydroxyl groups excluding tert-OH is 1. The summed E-state index contributed by atoms with van der Waals surface area (Å²) in [5.41, 5.74) is 0. The molecule has 1 saturated heterocycles. The summed E-state index contributed by atoms with van der Waals surface area (Å²) in [7, 11) is 0. The Morgan fingerprint density at radius 3 is 2.22 bits per heavy atom. The number of rotatable bonds is 3. The molecule has 1 heterocycles. The van der Waals surface area contributed by atoms with Gasteiger partial charge in [0.05, 0.1) is 0 Å². The number of carbonyl (C=O) groups is 1. The first-order valence-electron chi connectivity index (χ1n) is 6.24. The minimum absolute atomic E-state index is 0.00931. The Morgan fingerprint density at radius 2 is 1.83 bits per heavy atom. The first-order chi connectivity index (χ1) is 8.21. The summed E-state index contributed by atoms with van der Waals surface area (Å²) in [6.45, 7) is 4.48. The lowest BCUT2D eigenvalue weighted by Gasteiger charge is -2.35. The van der Waals surface area contributed by atoms with Crippen LogP contribution in [0, 0.1) is 11.8 Å². The number of hydrogen-bond donors (Lipinski definition) is 1. The predicted molar refractivity (Wildman–Crippen MR) is 60.8 cm³/mol. The molecule has 6 heteroatoms. The SMILES string of the molecule is CC(C)CC(=O)N1CCC(C(O)C(F)(F)F)CC1. The van der Waals surface area contributed by atoms with E-state index in [1.54, 1.807) is 4.90 Å². The molecule has 0 spiro atoms. The third kappa shape index (κ3) is 4.15. The average Bonchev–Trinajstić information content (AvgIpc) is 2.26. The Hall–Kier alpha value is -0.780. The number of nitrogens with zero attached hydrogens (tertiary/aromatic N) is 1. The molecule has 0 aromatic heterocycles. The molecule has 0 aromatic rings. The minimum atomic E-state index is -4.56. The molecular weight excluding hydrogens is 247 g/mol. The van der Waals surface area contributed by atoms with Crippen LogP contribution in [0.15, 0.2) is 0 Å². The maximum Gasteiger partial charge on any atom is 0.414 e. The van der Waals surface area contributed by atoms with Gasteiger partial charge in [0.15, 0.2) is 6.10 Å². The molecule has 0 aliphatic carbocycles. The Balaban J connectivity index is 2.44. The Bertz CT molecular complexity index is 284. The van der Waals surface area contributed by atoms with E-state index >= 15 is 0 Å². The molecule has 1 amide bonds. The maximum absolute atomic E-state index is 12.3. The number of piperidine rings is 1. The van der Waals surface area contributed by atoms with Gasteiger partial charge in [-0.2, -0.15) is 13.2 Å². The summed E-state index contributed by atoms with van der Waals surface area (Å²) < 4.78 is 37.0. The summed E-state index contributed by atoms with van der Waals surface area (Å²) in [6.07, 6.45) is -5.98. The molecule has 0 aromatic carbocycles. The second kappa shape index (κ2) is 5.91. The van der Waals surface area contributed by atoms with E-state index in [0.29, 0.717) is 19.5 Å². The van der Waals surface area contributed by atoms with Crippen LogP contribution >= 0.6 is 0 Å². The van der Waals surface area contributed by atoms with E-state index in [1.165, 1.54) is 0 Å². The number of aliphatic hydroxyl groups is 1. The highest BCUT2D eigenvalue weighted by Gasteiger charge is 2.44. The van der Waals surface area contributed by atoms with E-state index < -0.39 is 18.2 Å². The predicted octanol–water partition coefficient (Wildman–Crippen LogP) is 2.19. The van der Waals surface area contributed by atoms with Gasteiger partial charge in [0.2, 0.25) is 5.91 Å². The third-order valence-corrected chi connectivity index (χ3v) is 3.26. The van der Waals surface area contributed by atoms with Crippen LogP contribution in [0.25, 0.3) is 0 Å². The molecule has 1 aliphatic rings. The van der Waals surface area contributed by atoms with Crippen molar-refractivity contribution in [3.05, 3.63) is 0 Å². The van der Waals surface area contributed by atoms with Gasteiger partial charge in [-0.1, -0.05) is 13.8 Å². The van der Waals surface area contributed by atoms with Crippen molar-refractivity contribution in [3.63, 3.8) is 0 Å². The summed E-state index contributed by atoms with van der Waals surface area (Å²) in [5, 5.41) is 9.15. The van der Waals surface area contributed by atoms with Gasteiger partial charge in [-0.15, -0.1) is 0 Å². The van der Waals surface area contributed by atoms with Crippen LogP contribution in [0.1, 0.15) is 33.1 Å². The van der Waals surface area contributed by atoms with E-state index in [9.17, 15) is 18.0 Å². The molecule has 106 valence electrons.